The highest BCUT2D eigenvalue weighted by molar-refractivity contribution is 5.90. The predicted octanol–water partition coefficient (Wildman–Crippen LogP) is 2.93. The number of rotatable bonds is 1. The van der Waals surface area contributed by atoms with Gasteiger partial charge in [0.15, 0.2) is 6.29 Å². The van der Waals surface area contributed by atoms with Crippen LogP contribution in [0.5, 0.6) is 0 Å². The topological polar surface area (TPSA) is 17.1 Å². The van der Waals surface area contributed by atoms with Crippen molar-refractivity contribution in [1.82, 2.24) is 0 Å². The van der Waals surface area contributed by atoms with Gasteiger partial charge < -0.3 is 0 Å². The first-order chi connectivity index (χ1) is 6.74. The lowest BCUT2D eigenvalue weighted by atomic mass is 10.1. The lowest BCUT2D eigenvalue weighted by Crippen LogP contribution is -1.94. The molecular formula is C11H6F2O. The van der Waals surface area contributed by atoms with Gasteiger partial charge in [-0.25, -0.2) is 8.78 Å². The summed E-state index contributed by atoms with van der Waals surface area (Å²) in [6.45, 7) is 0. The van der Waals surface area contributed by atoms with Gasteiger partial charge in [0.25, 0.3) is 0 Å². The number of carbonyl (C=O) groups excluding carboxylic acids is 1. The maximum Gasteiger partial charge on any atom is 0.155 e. The zero-order valence-electron chi connectivity index (χ0n) is 7.13. The number of aldehydes is 1. The standard InChI is InChI=1S/C11H6F2O/c12-10-5-7-3-1-2-4-8(7)11(13)9(10)6-14/h1-6H. The highest BCUT2D eigenvalue weighted by atomic mass is 19.1. The number of hydrogen-bond acceptors (Lipinski definition) is 1. The van der Waals surface area contributed by atoms with E-state index in [1.165, 1.54) is 6.07 Å². The maximum absolute atomic E-state index is 13.5. The van der Waals surface area contributed by atoms with Crippen LogP contribution >= 0.6 is 0 Å². The second-order valence-electron chi connectivity index (χ2n) is 2.93. The average molecular weight is 192 g/mol. The highest BCUT2D eigenvalue weighted by Crippen LogP contribution is 2.22. The molecule has 2 aromatic rings. The second-order valence-corrected chi connectivity index (χ2v) is 2.93. The van der Waals surface area contributed by atoms with Gasteiger partial charge >= 0.3 is 0 Å². The van der Waals surface area contributed by atoms with Crippen molar-refractivity contribution in [2.24, 2.45) is 0 Å². The minimum Gasteiger partial charge on any atom is -0.298 e. The van der Waals surface area contributed by atoms with Gasteiger partial charge in [-0.1, -0.05) is 24.3 Å². The zero-order chi connectivity index (χ0) is 10.1. The highest BCUT2D eigenvalue weighted by Gasteiger charge is 2.11. The SMILES string of the molecule is O=Cc1c(F)cc2ccccc2c1F. The number of fused-ring (bicyclic) bond motifs is 1. The molecule has 0 bridgehead atoms. The molecule has 0 radical (unpaired) electrons. The van der Waals surface area contributed by atoms with Gasteiger partial charge in [0, 0.05) is 5.39 Å². The molecule has 0 heterocycles. The van der Waals surface area contributed by atoms with Gasteiger partial charge in [0.2, 0.25) is 0 Å². The van der Waals surface area contributed by atoms with Crippen LogP contribution in [0.15, 0.2) is 30.3 Å². The Morgan fingerprint density at radius 3 is 2.57 bits per heavy atom. The Bertz CT molecular complexity index is 506. The van der Waals surface area contributed by atoms with E-state index >= 15 is 0 Å². The van der Waals surface area contributed by atoms with Gasteiger partial charge in [-0.05, 0) is 11.5 Å². The molecule has 0 spiro atoms. The van der Waals surface area contributed by atoms with Crippen LogP contribution in [0.25, 0.3) is 10.8 Å². The normalized spacial score (nSPS) is 10.4. The Hall–Kier alpha value is -1.77. The fourth-order valence-corrected chi connectivity index (χ4v) is 1.39. The fourth-order valence-electron chi connectivity index (χ4n) is 1.39. The van der Waals surface area contributed by atoms with Crippen molar-refractivity contribution in [3.63, 3.8) is 0 Å². The minimum atomic E-state index is -0.823. The molecule has 14 heavy (non-hydrogen) atoms. The molecule has 3 heteroatoms. The molecule has 0 saturated carbocycles. The quantitative estimate of drug-likeness (QED) is 0.635. The lowest BCUT2D eigenvalue weighted by Gasteiger charge is -2.02. The number of carbonyl (C=O) groups is 1. The summed E-state index contributed by atoms with van der Waals surface area (Å²) in [5, 5.41) is 0.712. The van der Waals surface area contributed by atoms with Crippen LogP contribution in [-0.2, 0) is 0 Å². The Kier molecular flexibility index (Phi) is 2.00. The van der Waals surface area contributed by atoms with E-state index < -0.39 is 17.2 Å². The first kappa shape index (κ1) is 8.81. The summed E-state index contributed by atoms with van der Waals surface area (Å²) < 4.78 is 26.6. The monoisotopic (exact) mass is 192 g/mol. The van der Waals surface area contributed by atoms with Gasteiger partial charge in [-0.2, -0.15) is 0 Å². The van der Waals surface area contributed by atoms with Crippen molar-refractivity contribution in [3.8, 4) is 0 Å². The third-order valence-corrected chi connectivity index (χ3v) is 2.09. The molecule has 0 aliphatic carbocycles. The van der Waals surface area contributed by atoms with Gasteiger partial charge in [-0.3, -0.25) is 4.79 Å². The molecule has 2 rings (SSSR count). The predicted molar refractivity (Wildman–Crippen MR) is 49.3 cm³/mol. The van der Waals surface area contributed by atoms with Crippen LogP contribution in [-0.4, -0.2) is 6.29 Å². The van der Waals surface area contributed by atoms with Crippen molar-refractivity contribution >= 4 is 17.1 Å². The summed E-state index contributed by atoms with van der Waals surface area (Å²) in [4.78, 5) is 10.4. The van der Waals surface area contributed by atoms with Crippen LogP contribution < -0.4 is 0 Å². The third kappa shape index (κ3) is 1.18. The van der Waals surface area contributed by atoms with E-state index in [2.05, 4.69) is 0 Å². The van der Waals surface area contributed by atoms with Crippen molar-refractivity contribution in [3.05, 3.63) is 47.5 Å². The summed E-state index contributed by atoms with van der Waals surface area (Å²) in [6.07, 6.45) is 0.192. The van der Waals surface area contributed by atoms with E-state index in [-0.39, 0.29) is 11.7 Å². The first-order valence-electron chi connectivity index (χ1n) is 4.06. The summed E-state index contributed by atoms with van der Waals surface area (Å²) in [5.41, 5.74) is -0.510. The van der Waals surface area contributed by atoms with Crippen LogP contribution in [0, 0.1) is 11.6 Å². The van der Waals surface area contributed by atoms with E-state index in [4.69, 9.17) is 0 Å². The maximum atomic E-state index is 13.5. The summed E-state index contributed by atoms with van der Waals surface area (Å²) in [5.74, 6) is -1.62. The van der Waals surface area contributed by atoms with E-state index in [0.717, 1.165) is 6.07 Å². The second kappa shape index (κ2) is 3.18. The van der Waals surface area contributed by atoms with Gasteiger partial charge in [-0.15, -0.1) is 0 Å². The van der Waals surface area contributed by atoms with Crippen LogP contribution in [0.4, 0.5) is 8.78 Å². The molecule has 70 valence electrons. The number of halogens is 2. The number of benzene rings is 2. The summed E-state index contributed by atoms with van der Waals surface area (Å²) >= 11 is 0. The Balaban J connectivity index is 2.92. The molecule has 0 aromatic heterocycles. The van der Waals surface area contributed by atoms with Gasteiger partial charge in [0.1, 0.15) is 11.6 Å². The Labute approximate surface area is 79.0 Å². The summed E-state index contributed by atoms with van der Waals surface area (Å²) in [6, 6.07) is 7.58. The zero-order valence-corrected chi connectivity index (χ0v) is 7.13. The first-order valence-corrected chi connectivity index (χ1v) is 4.06. The van der Waals surface area contributed by atoms with E-state index in [1.807, 2.05) is 0 Å². The van der Waals surface area contributed by atoms with Crippen molar-refractivity contribution in [2.45, 2.75) is 0 Å². The smallest absolute Gasteiger partial charge is 0.155 e. The fraction of sp³-hybridized carbons (Fsp3) is 0. The summed E-state index contributed by atoms with van der Waals surface area (Å²) in [7, 11) is 0. The Morgan fingerprint density at radius 1 is 1.14 bits per heavy atom. The van der Waals surface area contributed by atoms with Gasteiger partial charge in [0.05, 0.1) is 5.56 Å². The molecule has 0 amide bonds. The van der Waals surface area contributed by atoms with Crippen LogP contribution in [0.3, 0.4) is 0 Å². The molecule has 0 atom stereocenters. The molecule has 0 saturated heterocycles. The number of hydrogen-bond donors (Lipinski definition) is 0. The molecule has 0 aliphatic heterocycles. The van der Waals surface area contributed by atoms with Crippen molar-refractivity contribution < 1.29 is 13.6 Å². The molecule has 1 nitrogen and oxygen atoms in total. The van der Waals surface area contributed by atoms with Crippen LogP contribution in [0.1, 0.15) is 10.4 Å². The molecule has 2 aromatic carbocycles. The Morgan fingerprint density at radius 2 is 1.86 bits per heavy atom. The van der Waals surface area contributed by atoms with E-state index in [9.17, 15) is 13.6 Å². The molecule has 0 aliphatic rings. The van der Waals surface area contributed by atoms with Crippen molar-refractivity contribution in [1.29, 1.82) is 0 Å². The molecule has 0 fully saturated rings. The van der Waals surface area contributed by atoms with E-state index in [1.54, 1.807) is 18.2 Å². The molecular weight excluding hydrogens is 186 g/mol. The molecule has 0 unspecified atom stereocenters. The largest absolute Gasteiger partial charge is 0.298 e. The lowest BCUT2D eigenvalue weighted by molar-refractivity contribution is 0.111. The minimum absolute atomic E-state index is 0.192. The van der Waals surface area contributed by atoms with Crippen molar-refractivity contribution in [2.75, 3.05) is 0 Å². The average Bonchev–Trinajstić information content (AvgIpc) is 2.18. The third-order valence-electron chi connectivity index (χ3n) is 2.09. The van der Waals surface area contributed by atoms with E-state index in [0.29, 0.717) is 5.39 Å². The molecule has 0 N–H and O–H groups in total. The van der Waals surface area contributed by atoms with Crippen LogP contribution in [0.2, 0.25) is 0 Å².